The van der Waals surface area contributed by atoms with E-state index in [1.165, 1.54) is 6.20 Å². The van der Waals surface area contributed by atoms with Crippen molar-refractivity contribution in [2.24, 2.45) is 0 Å². The molecular weight excluding hydrogens is 425 g/mol. The molecule has 3 aromatic rings. The predicted molar refractivity (Wildman–Crippen MR) is 102 cm³/mol. The van der Waals surface area contributed by atoms with Crippen molar-refractivity contribution >= 4 is 34.2 Å². The molecule has 30 heavy (non-hydrogen) atoms. The lowest BCUT2D eigenvalue weighted by Gasteiger charge is -2.21. The summed E-state index contributed by atoms with van der Waals surface area (Å²) in [5.74, 6) is -2.34. The van der Waals surface area contributed by atoms with Gasteiger partial charge in [0.1, 0.15) is 12.3 Å². The number of carbonyl (C=O) groups excluding carboxylic acids is 1. The van der Waals surface area contributed by atoms with Crippen LogP contribution in [0.1, 0.15) is 5.56 Å². The molecule has 0 fully saturated rings. The number of pyridine rings is 1. The van der Waals surface area contributed by atoms with Gasteiger partial charge < -0.3 is 15.5 Å². The van der Waals surface area contributed by atoms with Crippen molar-refractivity contribution in [1.29, 1.82) is 0 Å². The smallest absolute Gasteiger partial charge is 0.420 e. The SMILES string of the molecule is O=C(O)CNC(=O)N(c1ccc(O)c(C(F)(F)F)c1)c1nc(-c2cccnc2)cs1. The zero-order chi connectivity index (χ0) is 21.9. The number of phenols is 1. The van der Waals surface area contributed by atoms with Crippen LogP contribution < -0.4 is 10.2 Å². The number of phenolic OH excluding ortho intramolecular Hbond substituents is 1. The Balaban J connectivity index is 2.05. The van der Waals surface area contributed by atoms with Gasteiger partial charge in [-0.25, -0.2) is 14.7 Å². The first-order valence-corrected chi connectivity index (χ1v) is 9.10. The zero-order valence-electron chi connectivity index (χ0n) is 14.9. The van der Waals surface area contributed by atoms with Gasteiger partial charge in [-0.2, -0.15) is 13.2 Å². The van der Waals surface area contributed by atoms with E-state index in [2.05, 4.69) is 15.3 Å². The number of anilines is 2. The van der Waals surface area contributed by atoms with Crippen LogP contribution in [0.5, 0.6) is 5.75 Å². The molecule has 8 nitrogen and oxygen atoms in total. The number of nitrogens with zero attached hydrogens (tertiary/aromatic N) is 3. The summed E-state index contributed by atoms with van der Waals surface area (Å²) in [6, 6.07) is 4.86. The number of urea groups is 1. The predicted octanol–water partition coefficient (Wildman–Crippen LogP) is 3.86. The lowest BCUT2D eigenvalue weighted by atomic mass is 10.1. The van der Waals surface area contributed by atoms with Gasteiger partial charge in [0.15, 0.2) is 5.13 Å². The fourth-order valence-electron chi connectivity index (χ4n) is 2.45. The number of aliphatic carboxylic acids is 1. The highest BCUT2D eigenvalue weighted by molar-refractivity contribution is 7.14. The molecule has 0 aliphatic heterocycles. The lowest BCUT2D eigenvalue weighted by Crippen LogP contribution is -2.39. The van der Waals surface area contributed by atoms with Gasteiger partial charge in [0.05, 0.1) is 16.9 Å². The number of carboxylic acids is 1. The third kappa shape index (κ3) is 4.66. The minimum absolute atomic E-state index is 0.00411. The van der Waals surface area contributed by atoms with Crippen molar-refractivity contribution in [3.63, 3.8) is 0 Å². The van der Waals surface area contributed by atoms with Crippen LogP contribution in [-0.2, 0) is 11.0 Å². The quantitative estimate of drug-likeness (QED) is 0.557. The lowest BCUT2D eigenvalue weighted by molar-refractivity contribution is -0.139. The molecule has 0 aliphatic rings. The highest BCUT2D eigenvalue weighted by Gasteiger charge is 2.35. The molecule has 0 unspecified atom stereocenters. The number of nitrogens with one attached hydrogen (secondary N) is 1. The van der Waals surface area contributed by atoms with E-state index in [-0.39, 0.29) is 10.8 Å². The van der Waals surface area contributed by atoms with E-state index in [9.17, 15) is 27.9 Å². The van der Waals surface area contributed by atoms with Crippen LogP contribution in [0.2, 0.25) is 0 Å². The summed E-state index contributed by atoms with van der Waals surface area (Å²) < 4.78 is 39.6. The van der Waals surface area contributed by atoms with Crippen LogP contribution in [0.25, 0.3) is 11.3 Å². The van der Waals surface area contributed by atoms with Crippen LogP contribution in [-0.4, -0.2) is 38.7 Å². The van der Waals surface area contributed by atoms with Crippen LogP contribution in [0.15, 0.2) is 48.1 Å². The number of alkyl halides is 3. The van der Waals surface area contributed by atoms with Crippen LogP contribution in [0, 0.1) is 0 Å². The van der Waals surface area contributed by atoms with Crippen molar-refractivity contribution in [2.75, 3.05) is 11.4 Å². The summed E-state index contributed by atoms with van der Waals surface area (Å²) in [7, 11) is 0. The molecule has 2 amide bonds. The molecular formula is C18H13F3N4O4S. The molecule has 2 heterocycles. The molecule has 156 valence electrons. The largest absolute Gasteiger partial charge is 0.507 e. The minimum atomic E-state index is -4.87. The number of aromatic hydroxyl groups is 1. The van der Waals surface area contributed by atoms with E-state index in [1.807, 2.05) is 0 Å². The van der Waals surface area contributed by atoms with Crippen molar-refractivity contribution in [1.82, 2.24) is 15.3 Å². The normalized spacial score (nSPS) is 11.2. The number of amides is 2. The number of benzene rings is 1. The molecule has 2 aromatic heterocycles. The Morgan fingerprint density at radius 1 is 1.23 bits per heavy atom. The molecule has 0 bridgehead atoms. The first kappa shape index (κ1) is 21.0. The van der Waals surface area contributed by atoms with Gasteiger partial charge in [0, 0.05) is 23.3 Å². The molecule has 0 atom stereocenters. The van der Waals surface area contributed by atoms with Crippen molar-refractivity contribution < 1.29 is 33.0 Å². The van der Waals surface area contributed by atoms with Crippen LogP contribution in [0.3, 0.4) is 0 Å². The van der Waals surface area contributed by atoms with E-state index < -0.39 is 36.0 Å². The summed E-state index contributed by atoms with van der Waals surface area (Å²) in [4.78, 5) is 32.4. The van der Waals surface area contributed by atoms with Gasteiger partial charge in [-0.1, -0.05) is 0 Å². The summed E-state index contributed by atoms with van der Waals surface area (Å²) in [5.41, 5.74) is -0.559. The van der Waals surface area contributed by atoms with Gasteiger partial charge in [-0.3, -0.25) is 9.78 Å². The van der Waals surface area contributed by atoms with Gasteiger partial charge in [-0.15, -0.1) is 11.3 Å². The Hall–Kier alpha value is -3.67. The zero-order valence-corrected chi connectivity index (χ0v) is 15.7. The summed E-state index contributed by atoms with van der Waals surface area (Å²) in [6.45, 7) is -0.750. The number of hydrogen-bond donors (Lipinski definition) is 3. The van der Waals surface area contributed by atoms with Gasteiger partial charge in [-0.05, 0) is 30.3 Å². The fraction of sp³-hybridized carbons (Fsp3) is 0.111. The molecule has 12 heteroatoms. The van der Waals surface area contributed by atoms with Gasteiger partial charge in [0.2, 0.25) is 0 Å². The number of hydrogen-bond acceptors (Lipinski definition) is 6. The van der Waals surface area contributed by atoms with E-state index >= 15 is 0 Å². The summed E-state index contributed by atoms with van der Waals surface area (Å²) in [5, 5.41) is 22.0. The van der Waals surface area contributed by atoms with E-state index in [4.69, 9.17) is 5.11 Å². The standard InChI is InChI=1S/C18H13F3N4O4S/c19-18(20,21)12-6-11(3-4-14(12)26)25(16(29)23-8-15(27)28)17-24-13(9-30-17)10-2-1-5-22-7-10/h1-7,9,26H,8H2,(H,23,29)(H,27,28). The minimum Gasteiger partial charge on any atom is -0.507 e. The van der Waals surface area contributed by atoms with Crippen molar-refractivity contribution in [3.05, 3.63) is 53.7 Å². The van der Waals surface area contributed by atoms with E-state index in [0.717, 1.165) is 28.4 Å². The van der Waals surface area contributed by atoms with E-state index in [1.54, 1.807) is 23.7 Å². The number of rotatable bonds is 5. The second kappa shape index (κ2) is 8.37. The maximum absolute atomic E-state index is 13.2. The third-order valence-corrected chi connectivity index (χ3v) is 4.60. The molecule has 0 radical (unpaired) electrons. The third-order valence-electron chi connectivity index (χ3n) is 3.78. The topological polar surface area (TPSA) is 116 Å². The van der Waals surface area contributed by atoms with Crippen LogP contribution in [0.4, 0.5) is 28.8 Å². The average Bonchev–Trinajstić information content (AvgIpc) is 3.17. The molecule has 0 saturated heterocycles. The summed E-state index contributed by atoms with van der Waals surface area (Å²) >= 11 is 0.962. The number of aromatic nitrogens is 2. The number of halogens is 3. The van der Waals surface area contributed by atoms with Crippen LogP contribution >= 0.6 is 11.3 Å². The Kier molecular flexibility index (Phi) is 5.87. The molecule has 3 N–H and O–H groups in total. The Morgan fingerprint density at radius 2 is 2.00 bits per heavy atom. The molecule has 0 saturated carbocycles. The number of carboxylic acid groups (broad SMARTS) is 1. The van der Waals surface area contributed by atoms with Gasteiger partial charge >= 0.3 is 18.2 Å². The summed E-state index contributed by atoms with van der Waals surface area (Å²) in [6.07, 6.45) is -1.79. The Bertz CT molecular complexity index is 1070. The number of thiazole rings is 1. The van der Waals surface area contributed by atoms with Gasteiger partial charge in [0.25, 0.3) is 0 Å². The first-order valence-electron chi connectivity index (χ1n) is 8.22. The van der Waals surface area contributed by atoms with Crippen molar-refractivity contribution in [2.45, 2.75) is 6.18 Å². The maximum atomic E-state index is 13.2. The highest BCUT2D eigenvalue weighted by Crippen LogP contribution is 2.40. The second-order valence-corrected chi connectivity index (χ2v) is 6.68. The molecule has 0 aliphatic carbocycles. The maximum Gasteiger partial charge on any atom is 0.420 e. The average molecular weight is 438 g/mol. The molecule has 0 spiro atoms. The molecule has 3 rings (SSSR count). The van der Waals surface area contributed by atoms with E-state index in [0.29, 0.717) is 17.3 Å². The number of carbonyl (C=O) groups is 2. The van der Waals surface area contributed by atoms with Crippen molar-refractivity contribution in [3.8, 4) is 17.0 Å². The monoisotopic (exact) mass is 438 g/mol. The first-order chi connectivity index (χ1) is 14.2. The Morgan fingerprint density at radius 3 is 2.63 bits per heavy atom. The molecule has 1 aromatic carbocycles. The highest BCUT2D eigenvalue weighted by atomic mass is 32.1. The Labute approximate surface area is 171 Å². The fourth-order valence-corrected chi connectivity index (χ4v) is 3.30. The second-order valence-electron chi connectivity index (χ2n) is 5.84.